The fourth-order valence-electron chi connectivity index (χ4n) is 2.23. The number of alkyl halides is 1. The van der Waals surface area contributed by atoms with Crippen molar-refractivity contribution in [3.05, 3.63) is 35.9 Å². The third kappa shape index (κ3) is 2.97. The predicted octanol–water partition coefficient (Wildman–Crippen LogP) is 2.11. The number of piperidine rings is 1. The Morgan fingerprint density at radius 1 is 1.31 bits per heavy atom. The van der Waals surface area contributed by atoms with Crippen LogP contribution < -0.4 is 0 Å². The van der Waals surface area contributed by atoms with E-state index in [0.717, 1.165) is 26.1 Å². The Morgan fingerprint density at radius 3 is 2.75 bits per heavy atom. The first kappa shape index (κ1) is 11.9. The van der Waals surface area contributed by atoms with E-state index >= 15 is 0 Å². The third-order valence-electron chi connectivity index (χ3n) is 3.23. The molecule has 1 saturated heterocycles. The summed E-state index contributed by atoms with van der Waals surface area (Å²) in [5, 5.41) is 9.74. The number of nitrogens with zero attached hydrogens (tertiary/aromatic N) is 1. The lowest BCUT2D eigenvalue weighted by molar-refractivity contribution is 0.0335. The van der Waals surface area contributed by atoms with Crippen molar-refractivity contribution in [1.82, 2.24) is 4.90 Å². The molecule has 0 unspecified atom stereocenters. The molecular formula is C13H18ClNO. The minimum absolute atomic E-state index is 0.218. The largest absolute Gasteiger partial charge is 0.393 e. The number of halogens is 1. The summed E-state index contributed by atoms with van der Waals surface area (Å²) in [6.07, 6.45) is 0.619. The van der Waals surface area contributed by atoms with E-state index in [1.165, 1.54) is 5.56 Å². The molecule has 0 aromatic heterocycles. The molecule has 0 aliphatic carbocycles. The van der Waals surface area contributed by atoms with E-state index in [9.17, 15) is 5.11 Å². The lowest BCUT2D eigenvalue weighted by Gasteiger charge is -2.35. The number of hydrogen-bond donors (Lipinski definition) is 1. The van der Waals surface area contributed by atoms with E-state index in [1.54, 1.807) is 0 Å². The molecule has 2 nitrogen and oxygen atoms in total. The summed E-state index contributed by atoms with van der Waals surface area (Å²) in [7, 11) is 0. The van der Waals surface area contributed by atoms with Crippen LogP contribution in [0.25, 0.3) is 0 Å². The van der Waals surface area contributed by atoms with Crippen molar-refractivity contribution < 1.29 is 5.11 Å². The van der Waals surface area contributed by atoms with Gasteiger partial charge < -0.3 is 5.11 Å². The van der Waals surface area contributed by atoms with Gasteiger partial charge in [0.15, 0.2) is 0 Å². The molecule has 1 aromatic carbocycles. The molecule has 0 amide bonds. The van der Waals surface area contributed by atoms with Gasteiger partial charge in [0.05, 0.1) is 6.10 Å². The number of likely N-dealkylation sites (tertiary alicyclic amines) is 1. The second-order valence-corrected chi connectivity index (χ2v) is 4.80. The Labute approximate surface area is 102 Å². The van der Waals surface area contributed by atoms with Crippen LogP contribution in [-0.2, 0) is 6.54 Å². The average molecular weight is 240 g/mol. The smallest absolute Gasteiger partial charge is 0.0604 e. The van der Waals surface area contributed by atoms with Gasteiger partial charge in [0, 0.05) is 31.4 Å². The first-order valence-electron chi connectivity index (χ1n) is 5.80. The van der Waals surface area contributed by atoms with Gasteiger partial charge in [0.25, 0.3) is 0 Å². The average Bonchev–Trinajstić information content (AvgIpc) is 2.33. The molecule has 88 valence electrons. The molecule has 1 aliphatic heterocycles. The number of aliphatic hydroxyl groups is 1. The molecule has 2 atom stereocenters. The lowest BCUT2D eigenvalue weighted by atomic mass is 9.96. The number of rotatable bonds is 3. The van der Waals surface area contributed by atoms with Crippen LogP contribution in [0.2, 0.25) is 0 Å². The SMILES string of the molecule is O[C@@H]1CCN(Cc2ccccc2)C[C@@H]1CCl. The van der Waals surface area contributed by atoms with Crippen molar-refractivity contribution in [2.45, 2.75) is 19.1 Å². The van der Waals surface area contributed by atoms with Crippen molar-refractivity contribution in [1.29, 1.82) is 0 Å². The number of hydrogen-bond acceptors (Lipinski definition) is 2. The molecule has 0 bridgehead atoms. The van der Waals surface area contributed by atoms with Crippen LogP contribution in [0.4, 0.5) is 0 Å². The Hall–Kier alpha value is -0.570. The summed E-state index contributed by atoms with van der Waals surface area (Å²) in [5.41, 5.74) is 1.33. The van der Waals surface area contributed by atoms with Crippen LogP contribution in [0.3, 0.4) is 0 Å². The third-order valence-corrected chi connectivity index (χ3v) is 3.62. The highest BCUT2D eigenvalue weighted by Gasteiger charge is 2.26. The molecule has 1 aliphatic rings. The van der Waals surface area contributed by atoms with E-state index in [0.29, 0.717) is 5.88 Å². The van der Waals surface area contributed by atoms with Gasteiger partial charge in [-0.3, -0.25) is 4.90 Å². The molecule has 0 radical (unpaired) electrons. The highest BCUT2D eigenvalue weighted by molar-refractivity contribution is 6.18. The zero-order valence-corrected chi connectivity index (χ0v) is 10.1. The van der Waals surface area contributed by atoms with Gasteiger partial charge in [0.2, 0.25) is 0 Å². The van der Waals surface area contributed by atoms with E-state index < -0.39 is 0 Å². The van der Waals surface area contributed by atoms with E-state index in [4.69, 9.17) is 11.6 Å². The van der Waals surface area contributed by atoms with Crippen molar-refractivity contribution in [3.8, 4) is 0 Å². The van der Waals surface area contributed by atoms with Crippen LogP contribution in [-0.4, -0.2) is 35.1 Å². The van der Waals surface area contributed by atoms with Gasteiger partial charge in [-0.15, -0.1) is 11.6 Å². The molecular weight excluding hydrogens is 222 g/mol. The zero-order chi connectivity index (χ0) is 11.4. The highest BCUT2D eigenvalue weighted by atomic mass is 35.5. The molecule has 0 saturated carbocycles. The second-order valence-electron chi connectivity index (χ2n) is 4.49. The normalized spacial score (nSPS) is 26.9. The van der Waals surface area contributed by atoms with Crippen LogP contribution in [0.1, 0.15) is 12.0 Å². The number of aliphatic hydroxyl groups excluding tert-OH is 1. The van der Waals surface area contributed by atoms with Gasteiger partial charge >= 0.3 is 0 Å². The molecule has 1 aromatic rings. The van der Waals surface area contributed by atoms with Crippen LogP contribution >= 0.6 is 11.6 Å². The fraction of sp³-hybridized carbons (Fsp3) is 0.538. The molecule has 16 heavy (non-hydrogen) atoms. The van der Waals surface area contributed by atoms with Gasteiger partial charge in [-0.05, 0) is 12.0 Å². The second kappa shape index (κ2) is 5.67. The first-order chi connectivity index (χ1) is 7.79. The molecule has 2 rings (SSSR count). The summed E-state index contributed by atoms with van der Waals surface area (Å²) in [4.78, 5) is 2.37. The summed E-state index contributed by atoms with van der Waals surface area (Å²) in [6.45, 7) is 2.82. The molecule has 1 N–H and O–H groups in total. The monoisotopic (exact) mass is 239 g/mol. The van der Waals surface area contributed by atoms with Crippen LogP contribution in [0, 0.1) is 5.92 Å². The highest BCUT2D eigenvalue weighted by Crippen LogP contribution is 2.20. The van der Waals surface area contributed by atoms with Gasteiger partial charge in [0.1, 0.15) is 0 Å². The Balaban J connectivity index is 1.92. The molecule has 3 heteroatoms. The quantitative estimate of drug-likeness (QED) is 0.817. The molecule has 0 spiro atoms. The minimum atomic E-state index is -0.218. The maximum absolute atomic E-state index is 9.74. The van der Waals surface area contributed by atoms with Gasteiger partial charge in [-0.1, -0.05) is 30.3 Å². The Bertz CT molecular complexity index is 317. The lowest BCUT2D eigenvalue weighted by Crippen LogP contribution is -2.43. The maximum Gasteiger partial charge on any atom is 0.0604 e. The molecule has 1 fully saturated rings. The standard InChI is InChI=1S/C13H18ClNO/c14-8-12-10-15(7-6-13(12)16)9-11-4-2-1-3-5-11/h1-5,12-13,16H,6-10H2/t12-,13+/m0/s1. The number of benzene rings is 1. The topological polar surface area (TPSA) is 23.5 Å². The van der Waals surface area contributed by atoms with E-state index in [2.05, 4.69) is 29.2 Å². The summed E-state index contributed by atoms with van der Waals surface area (Å²) < 4.78 is 0. The van der Waals surface area contributed by atoms with Crippen LogP contribution in [0.5, 0.6) is 0 Å². The summed E-state index contributed by atoms with van der Waals surface area (Å²) >= 11 is 5.86. The van der Waals surface area contributed by atoms with Crippen molar-refractivity contribution >= 4 is 11.6 Å². The zero-order valence-electron chi connectivity index (χ0n) is 9.35. The van der Waals surface area contributed by atoms with Gasteiger partial charge in [-0.2, -0.15) is 0 Å². The molecule has 1 heterocycles. The first-order valence-corrected chi connectivity index (χ1v) is 6.33. The fourth-order valence-corrected chi connectivity index (χ4v) is 2.54. The minimum Gasteiger partial charge on any atom is -0.393 e. The maximum atomic E-state index is 9.74. The predicted molar refractivity (Wildman–Crippen MR) is 66.6 cm³/mol. The Kier molecular flexibility index (Phi) is 4.22. The van der Waals surface area contributed by atoms with Crippen molar-refractivity contribution in [2.75, 3.05) is 19.0 Å². The van der Waals surface area contributed by atoms with Crippen molar-refractivity contribution in [3.63, 3.8) is 0 Å². The Morgan fingerprint density at radius 2 is 2.06 bits per heavy atom. The van der Waals surface area contributed by atoms with Gasteiger partial charge in [-0.25, -0.2) is 0 Å². The van der Waals surface area contributed by atoms with E-state index in [-0.39, 0.29) is 12.0 Å². The van der Waals surface area contributed by atoms with E-state index in [1.807, 2.05) is 6.07 Å². The van der Waals surface area contributed by atoms with Crippen molar-refractivity contribution in [2.24, 2.45) is 5.92 Å². The summed E-state index contributed by atoms with van der Waals surface area (Å²) in [6, 6.07) is 10.4. The van der Waals surface area contributed by atoms with Crippen LogP contribution in [0.15, 0.2) is 30.3 Å². The summed E-state index contributed by atoms with van der Waals surface area (Å²) in [5.74, 6) is 0.769.